The third-order valence-corrected chi connectivity index (χ3v) is 3.00. The molecule has 120 valence electrons. The fraction of sp³-hybridized carbons (Fsp3) is 0.200. The molecule has 0 aliphatic rings. The third-order valence-electron chi connectivity index (χ3n) is 3.00. The Bertz CT molecular complexity index is 785. The fourth-order valence-corrected chi connectivity index (χ4v) is 1.91. The number of nitrogens with one attached hydrogen (secondary N) is 1. The van der Waals surface area contributed by atoms with E-state index in [9.17, 15) is 14.4 Å². The molecule has 0 bridgehead atoms. The second-order valence-corrected chi connectivity index (χ2v) is 4.48. The van der Waals surface area contributed by atoms with Gasteiger partial charge in [0, 0.05) is 6.20 Å². The largest absolute Gasteiger partial charge is 0.495 e. The van der Waals surface area contributed by atoms with Gasteiger partial charge in [0.1, 0.15) is 17.9 Å². The monoisotopic (exact) mass is 317 g/mol. The average Bonchev–Trinajstić information content (AvgIpc) is 2.56. The van der Waals surface area contributed by atoms with Gasteiger partial charge in [-0.3, -0.25) is 14.2 Å². The molecule has 0 spiro atoms. The van der Waals surface area contributed by atoms with Gasteiger partial charge in [0.15, 0.2) is 0 Å². The van der Waals surface area contributed by atoms with Gasteiger partial charge in [0.25, 0.3) is 5.56 Å². The summed E-state index contributed by atoms with van der Waals surface area (Å²) in [7, 11) is 2.65. The second kappa shape index (κ2) is 7.21. The maximum Gasteiger partial charge on any atom is 0.345 e. The quantitative estimate of drug-likeness (QED) is 0.814. The Hall–Kier alpha value is -3.16. The van der Waals surface area contributed by atoms with Gasteiger partial charge in [0.2, 0.25) is 5.91 Å². The number of ether oxygens (including phenoxy) is 2. The summed E-state index contributed by atoms with van der Waals surface area (Å²) in [4.78, 5) is 39.4. The molecule has 1 N–H and O–H groups in total. The lowest BCUT2D eigenvalue weighted by molar-refractivity contribution is -0.116. The molecule has 0 saturated carbocycles. The van der Waals surface area contributed by atoms with E-state index in [1.54, 1.807) is 24.3 Å². The highest BCUT2D eigenvalue weighted by molar-refractivity contribution is 5.92. The first-order valence-electron chi connectivity index (χ1n) is 6.62. The standard InChI is InChI=1S/C15H15N3O5/c1-22-12-6-4-3-5-11(12)17-13(19)8-18-9-16-7-10(14(18)20)15(21)23-2/h3-7,9H,8H2,1-2H3,(H,17,19). The molecule has 1 aromatic heterocycles. The van der Waals surface area contributed by atoms with Gasteiger partial charge in [-0.25, -0.2) is 9.78 Å². The molecule has 1 amide bonds. The van der Waals surface area contributed by atoms with Gasteiger partial charge in [-0.05, 0) is 12.1 Å². The van der Waals surface area contributed by atoms with Gasteiger partial charge in [-0.2, -0.15) is 0 Å². The van der Waals surface area contributed by atoms with E-state index in [0.717, 1.165) is 17.9 Å². The van der Waals surface area contributed by atoms with Crippen LogP contribution < -0.4 is 15.6 Å². The lowest BCUT2D eigenvalue weighted by atomic mass is 10.3. The third kappa shape index (κ3) is 3.73. The molecule has 8 nitrogen and oxygen atoms in total. The Morgan fingerprint density at radius 2 is 2.00 bits per heavy atom. The van der Waals surface area contributed by atoms with Crippen molar-refractivity contribution in [2.24, 2.45) is 0 Å². The minimum Gasteiger partial charge on any atom is -0.495 e. The summed E-state index contributed by atoms with van der Waals surface area (Å²) in [6, 6.07) is 6.87. The second-order valence-electron chi connectivity index (χ2n) is 4.48. The molecule has 8 heteroatoms. The fourth-order valence-electron chi connectivity index (χ4n) is 1.91. The Labute approximate surface area is 131 Å². The van der Waals surface area contributed by atoms with Gasteiger partial charge < -0.3 is 14.8 Å². The molecule has 1 aromatic carbocycles. The molecular formula is C15H15N3O5. The van der Waals surface area contributed by atoms with Crippen LogP contribution in [0.5, 0.6) is 5.75 Å². The number of nitrogens with zero attached hydrogens (tertiary/aromatic N) is 2. The zero-order valence-corrected chi connectivity index (χ0v) is 12.6. The van der Waals surface area contributed by atoms with E-state index in [2.05, 4.69) is 15.0 Å². The predicted molar refractivity (Wildman–Crippen MR) is 81.5 cm³/mol. The molecular weight excluding hydrogens is 302 g/mol. The number of carbonyl (C=O) groups excluding carboxylic acids is 2. The minimum absolute atomic E-state index is 0.236. The summed E-state index contributed by atoms with van der Waals surface area (Å²) < 4.78 is 10.6. The number of carbonyl (C=O) groups is 2. The number of amides is 1. The van der Waals surface area contributed by atoms with Crippen molar-refractivity contribution in [3.05, 3.63) is 52.7 Å². The van der Waals surface area contributed by atoms with Crippen molar-refractivity contribution < 1.29 is 19.1 Å². The number of rotatable bonds is 5. The molecule has 1 heterocycles. The summed E-state index contributed by atoms with van der Waals surface area (Å²) in [6.45, 7) is -0.297. The topological polar surface area (TPSA) is 99.5 Å². The van der Waals surface area contributed by atoms with Crippen LogP contribution in [0.4, 0.5) is 5.69 Å². The highest BCUT2D eigenvalue weighted by Gasteiger charge is 2.15. The summed E-state index contributed by atoms with van der Waals surface area (Å²) in [5, 5.41) is 2.63. The first-order valence-corrected chi connectivity index (χ1v) is 6.62. The summed E-state index contributed by atoms with van der Waals surface area (Å²) in [5.74, 6) is -0.767. The summed E-state index contributed by atoms with van der Waals surface area (Å²) in [5.41, 5.74) is -0.410. The number of benzene rings is 1. The molecule has 0 unspecified atom stereocenters. The lowest BCUT2D eigenvalue weighted by Gasteiger charge is -2.10. The van der Waals surface area contributed by atoms with Crippen molar-refractivity contribution in [1.82, 2.24) is 9.55 Å². The van der Waals surface area contributed by atoms with Crippen LogP contribution >= 0.6 is 0 Å². The van der Waals surface area contributed by atoms with Crippen LogP contribution in [-0.2, 0) is 16.1 Å². The van der Waals surface area contributed by atoms with Gasteiger partial charge >= 0.3 is 5.97 Å². The molecule has 23 heavy (non-hydrogen) atoms. The van der Waals surface area contributed by atoms with E-state index in [-0.39, 0.29) is 12.1 Å². The molecule has 0 atom stereocenters. The van der Waals surface area contributed by atoms with E-state index in [0.29, 0.717) is 11.4 Å². The number of hydrogen-bond acceptors (Lipinski definition) is 6. The van der Waals surface area contributed by atoms with Crippen molar-refractivity contribution in [1.29, 1.82) is 0 Å². The zero-order chi connectivity index (χ0) is 16.8. The maximum absolute atomic E-state index is 12.1. The van der Waals surface area contributed by atoms with Crippen LogP contribution in [0.1, 0.15) is 10.4 Å². The first-order chi connectivity index (χ1) is 11.1. The zero-order valence-electron chi connectivity index (χ0n) is 12.6. The number of anilines is 1. The van der Waals surface area contributed by atoms with Crippen LogP contribution in [0.2, 0.25) is 0 Å². The SMILES string of the molecule is COC(=O)c1cncn(CC(=O)Nc2ccccc2OC)c1=O. The number of aromatic nitrogens is 2. The number of para-hydroxylation sites is 2. The van der Waals surface area contributed by atoms with Crippen molar-refractivity contribution in [2.75, 3.05) is 19.5 Å². The van der Waals surface area contributed by atoms with Crippen LogP contribution in [-0.4, -0.2) is 35.6 Å². The molecule has 0 aliphatic carbocycles. The molecule has 0 aliphatic heterocycles. The molecule has 0 fully saturated rings. The van der Waals surface area contributed by atoms with E-state index in [1.165, 1.54) is 13.4 Å². The molecule has 2 aromatic rings. The number of esters is 1. The van der Waals surface area contributed by atoms with Crippen LogP contribution in [0.3, 0.4) is 0 Å². The van der Waals surface area contributed by atoms with Crippen LogP contribution in [0.15, 0.2) is 41.6 Å². The van der Waals surface area contributed by atoms with Gasteiger partial charge in [-0.1, -0.05) is 12.1 Å². The van der Waals surface area contributed by atoms with Crippen LogP contribution in [0, 0.1) is 0 Å². The van der Waals surface area contributed by atoms with E-state index in [4.69, 9.17) is 4.74 Å². The van der Waals surface area contributed by atoms with Gasteiger partial charge in [-0.15, -0.1) is 0 Å². The molecule has 0 saturated heterocycles. The van der Waals surface area contributed by atoms with Crippen molar-refractivity contribution in [3.8, 4) is 5.75 Å². The van der Waals surface area contributed by atoms with Crippen molar-refractivity contribution in [2.45, 2.75) is 6.54 Å². The first kappa shape index (κ1) is 16.2. The van der Waals surface area contributed by atoms with E-state index < -0.39 is 17.4 Å². The average molecular weight is 317 g/mol. The predicted octanol–water partition coefficient (Wildman–Crippen LogP) is 0.677. The smallest absolute Gasteiger partial charge is 0.345 e. The number of hydrogen-bond donors (Lipinski definition) is 1. The minimum atomic E-state index is -0.804. The van der Waals surface area contributed by atoms with Gasteiger partial charge in [0.05, 0.1) is 26.2 Å². The highest BCUT2D eigenvalue weighted by Crippen LogP contribution is 2.22. The molecule has 0 radical (unpaired) electrons. The van der Waals surface area contributed by atoms with E-state index >= 15 is 0 Å². The Morgan fingerprint density at radius 3 is 2.70 bits per heavy atom. The Balaban J connectivity index is 2.18. The number of methoxy groups -OCH3 is 2. The molecule has 2 rings (SSSR count). The summed E-state index contributed by atoms with van der Waals surface area (Å²) in [6.07, 6.45) is 2.28. The van der Waals surface area contributed by atoms with Crippen molar-refractivity contribution >= 4 is 17.6 Å². The maximum atomic E-state index is 12.1. The lowest BCUT2D eigenvalue weighted by Crippen LogP contribution is -2.31. The van der Waals surface area contributed by atoms with Crippen LogP contribution in [0.25, 0.3) is 0 Å². The van der Waals surface area contributed by atoms with E-state index in [1.807, 2.05) is 0 Å². The van der Waals surface area contributed by atoms with Crippen molar-refractivity contribution in [3.63, 3.8) is 0 Å². The Morgan fingerprint density at radius 1 is 1.26 bits per heavy atom. The Kier molecular flexibility index (Phi) is 5.08. The normalized spacial score (nSPS) is 10.0. The summed E-state index contributed by atoms with van der Waals surface area (Å²) >= 11 is 0. The highest BCUT2D eigenvalue weighted by atomic mass is 16.5.